The number of amides is 2. The summed E-state index contributed by atoms with van der Waals surface area (Å²) in [4.78, 5) is 35.7. The van der Waals surface area contributed by atoms with Crippen molar-refractivity contribution in [2.75, 3.05) is 18.8 Å². The third-order valence-electron chi connectivity index (χ3n) is 3.93. The highest BCUT2D eigenvalue weighted by atomic mass is 32.2. The molecule has 0 spiro atoms. The topological polar surface area (TPSA) is 93.0 Å². The Bertz CT molecular complexity index is 925. The number of fused-ring (bicyclic) bond motifs is 1. The lowest BCUT2D eigenvalue weighted by atomic mass is 10.4. The van der Waals surface area contributed by atoms with Crippen molar-refractivity contribution >= 4 is 45.9 Å². The molecule has 0 aromatic carbocycles. The predicted molar refractivity (Wildman–Crippen MR) is 105 cm³/mol. The number of likely N-dealkylation sites (N-methyl/N-ethyl adjacent to an activating group) is 1. The molecule has 142 valence electrons. The number of aryl methyl sites for hydroxylation is 1. The fourth-order valence-electron chi connectivity index (χ4n) is 2.48. The molecule has 8 nitrogen and oxygen atoms in total. The number of thiophene rings is 1. The van der Waals surface area contributed by atoms with Gasteiger partial charge in [0.1, 0.15) is 11.4 Å². The Morgan fingerprint density at radius 3 is 2.96 bits per heavy atom. The van der Waals surface area contributed by atoms with Gasteiger partial charge in [0.2, 0.25) is 11.8 Å². The first-order valence-electron chi connectivity index (χ1n) is 8.40. The molecule has 0 unspecified atom stereocenters. The van der Waals surface area contributed by atoms with Gasteiger partial charge in [0.25, 0.3) is 0 Å². The fraction of sp³-hybridized carbons (Fsp3) is 0.353. The van der Waals surface area contributed by atoms with Crippen molar-refractivity contribution in [1.29, 1.82) is 0 Å². The van der Waals surface area contributed by atoms with Crippen molar-refractivity contribution in [2.45, 2.75) is 18.5 Å². The van der Waals surface area contributed by atoms with Gasteiger partial charge in [-0.3, -0.25) is 14.3 Å². The summed E-state index contributed by atoms with van der Waals surface area (Å²) >= 11 is 2.91. The molecule has 3 heterocycles. The summed E-state index contributed by atoms with van der Waals surface area (Å²) in [5.41, 5.74) is 0.722. The van der Waals surface area contributed by atoms with Gasteiger partial charge in [-0.1, -0.05) is 17.8 Å². The number of nitrogens with zero attached hydrogens (tertiary/aromatic N) is 5. The number of rotatable bonds is 8. The lowest BCUT2D eigenvalue weighted by Crippen LogP contribution is -2.41. The zero-order valence-corrected chi connectivity index (χ0v) is 16.7. The van der Waals surface area contributed by atoms with Crippen LogP contribution in [0.4, 0.5) is 0 Å². The summed E-state index contributed by atoms with van der Waals surface area (Å²) in [6, 6.07) is 3.91. The van der Waals surface area contributed by atoms with E-state index >= 15 is 0 Å². The van der Waals surface area contributed by atoms with E-state index in [4.69, 9.17) is 0 Å². The van der Waals surface area contributed by atoms with Crippen LogP contribution in [0.2, 0.25) is 0 Å². The summed E-state index contributed by atoms with van der Waals surface area (Å²) in [6.07, 6.45) is 3.16. The van der Waals surface area contributed by atoms with Crippen molar-refractivity contribution in [1.82, 2.24) is 30.0 Å². The van der Waals surface area contributed by atoms with Crippen LogP contribution in [0.5, 0.6) is 0 Å². The Kier molecular flexibility index (Phi) is 6.40. The third-order valence-corrected chi connectivity index (χ3v) is 5.80. The first kappa shape index (κ1) is 19.3. The van der Waals surface area contributed by atoms with E-state index in [1.807, 2.05) is 31.5 Å². The van der Waals surface area contributed by atoms with Gasteiger partial charge in [0, 0.05) is 18.5 Å². The Morgan fingerprint density at radius 1 is 1.37 bits per heavy atom. The lowest BCUT2D eigenvalue weighted by Gasteiger charge is -2.20. The van der Waals surface area contributed by atoms with Gasteiger partial charge in [0.05, 0.1) is 30.4 Å². The molecule has 1 N–H and O–H groups in total. The molecule has 0 saturated carbocycles. The van der Waals surface area contributed by atoms with E-state index in [2.05, 4.69) is 20.4 Å². The molecule has 0 aliphatic rings. The number of hydrogen-bond donors (Lipinski definition) is 1. The number of carbonyl (C=O) groups is 2. The van der Waals surface area contributed by atoms with Crippen molar-refractivity contribution in [3.63, 3.8) is 0 Å². The highest BCUT2D eigenvalue weighted by molar-refractivity contribution is 8.00. The van der Waals surface area contributed by atoms with Gasteiger partial charge in [-0.15, -0.1) is 11.3 Å². The second-order valence-corrected chi connectivity index (χ2v) is 7.73. The summed E-state index contributed by atoms with van der Waals surface area (Å²) in [5, 5.41) is 10.5. The van der Waals surface area contributed by atoms with Crippen LogP contribution in [-0.2, 0) is 23.2 Å². The van der Waals surface area contributed by atoms with Crippen LogP contribution in [0.25, 0.3) is 11.0 Å². The van der Waals surface area contributed by atoms with Gasteiger partial charge in [0.15, 0.2) is 5.65 Å². The summed E-state index contributed by atoms with van der Waals surface area (Å²) in [5.74, 6) is -0.0720. The van der Waals surface area contributed by atoms with Gasteiger partial charge >= 0.3 is 0 Å². The number of aromatic nitrogens is 4. The molecular formula is C17H20N6O2S2. The Morgan fingerprint density at radius 2 is 2.22 bits per heavy atom. The van der Waals surface area contributed by atoms with Crippen LogP contribution in [0.3, 0.4) is 0 Å². The first-order valence-corrected chi connectivity index (χ1v) is 10.3. The van der Waals surface area contributed by atoms with E-state index in [0.29, 0.717) is 18.1 Å². The van der Waals surface area contributed by atoms with Crippen LogP contribution >= 0.6 is 23.1 Å². The Balaban J connectivity index is 1.54. The molecule has 10 heteroatoms. The maximum absolute atomic E-state index is 12.5. The summed E-state index contributed by atoms with van der Waals surface area (Å²) in [7, 11) is 1.81. The monoisotopic (exact) mass is 404 g/mol. The number of hydrogen-bond acceptors (Lipinski definition) is 7. The molecule has 2 amide bonds. The average Bonchev–Trinajstić information content (AvgIpc) is 3.33. The molecule has 27 heavy (non-hydrogen) atoms. The van der Waals surface area contributed by atoms with Crippen LogP contribution < -0.4 is 5.32 Å². The zero-order valence-electron chi connectivity index (χ0n) is 15.1. The van der Waals surface area contributed by atoms with Crippen LogP contribution in [0, 0.1) is 0 Å². The van der Waals surface area contributed by atoms with Gasteiger partial charge in [-0.05, 0) is 18.4 Å². The molecule has 0 aliphatic heterocycles. The van der Waals surface area contributed by atoms with E-state index in [9.17, 15) is 9.59 Å². The van der Waals surface area contributed by atoms with Crippen molar-refractivity contribution < 1.29 is 9.59 Å². The normalized spacial score (nSPS) is 10.9. The minimum absolute atomic E-state index is 0.0490. The number of nitrogens with one attached hydrogen (secondary N) is 1. The molecule has 3 aromatic heterocycles. The summed E-state index contributed by atoms with van der Waals surface area (Å²) < 4.78 is 1.67. The quantitative estimate of drug-likeness (QED) is 0.454. The van der Waals surface area contributed by atoms with E-state index in [-0.39, 0.29) is 24.1 Å². The van der Waals surface area contributed by atoms with E-state index < -0.39 is 0 Å². The van der Waals surface area contributed by atoms with Gasteiger partial charge in [-0.2, -0.15) is 5.10 Å². The van der Waals surface area contributed by atoms with Crippen LogP contribution in [0.1, 0.15) is 11.8 Å². The predicted octanol–water partition coefficient (Wildman–Crippen LogP) is 1.68. The van der Waals surface area contributed by atoms with Gasteiger partial charge in [-0.25, -0.2) is 9.97 Å². The molecule has 0 radical (unpaired) electrons. The van der Waals surface area contributed by atoms with Crippen molar-refractivity contribution in [2.24, 2.45) is 7.05 Å². The SMILES string of the molecule is CCN(CC(=O)NCc1cccs1)C(=O)CSc1ncnc2c1cnn2C. The second-order valence-electron chi connectivity index (χ2n) is 5.74. The lowest BCUT2D eigenvalue weighted by molar-refractivity contribution is -0.133. The van der Waals surface area contributed by atoms with E-state index in [1.54, 1.807) is 27.1 Å². The second kappa shape index (κ2) is 8.96. The van der Waals surface area contributed by atoms with E-state index in [0.717, 1.165) is 15.9 Å². The fourth-order valence-corrected chi connectivity index (χ4v) is 3.99. The number of thioether (sulfide) groups is 1. The van der Waals surface area contributed by atoms with Gasteiger partial charge < -0.3 is 10.2 Å². The maximum Gasteiger partial charge on any atom is 0.239 e. The minimum atomic E-state index is -0.166. The zero-order chi connectivity index (χ0) is 19.2. The first-order chi connectivity index (χ1) is 13.1. The molecule has 3 aromatic rings. The Labute approximate surface area is 165 Å². The molecule has 0 bridgehead atoms. The molecule has 3 rings (SSSR count). The Hall–Kier alpha value is -2.46. The van der Waals surface area contributed by atoms with Crippen molar-refractivity contribution in [3.8, 4) is 0 Å². The highest BCUT2D eigenvalue weighted by Crippen LogP contribution is 2.23. The highest BCUT2D eigenvalue weighted by Gasteiger charge is 2.17. The van der Waals surface area contributed by atoms with Crippen LogP contribution in [0.15, 0.2) is 35.1 Å². The summed E-state index contributed by atoms with van der Waals surface area (Å²) in [6.45, 7) is 2.86. The molecular weight excluding hydrogens is 384 g/mol. The molecule has 0 saturated heterocycles. The maximum atomic E-state index is 12.5. The number of carbonyl (C=O) groups excluding carboxylic acids is 2. The molecule has 0 fully saturated rings. The van der Waals surface area contributed by atoms with Crippen molar-refractivity contribution in [3.05, 3.63) is 34.9 Å². The smallest absolute Gasteiger partial charge is 0.239 e. The standard InChI is InChI=1S/C17H20N6O2S2/c1-3-23(9-14(24)18-7-12-5-4-6-26-12)15(25)10-27-17-13-8-21-22(2)16(13)19-11-20-17/h4-6,8,11H,3,7,9-10H2,1-2H3,(H,18,24). The third kappa shape index (κ3) is 4.83. The van der Waals surface area contributed by atoms with E-state index in [1.165, 1.54) is 18.1 Å². The molecule has 0 aliphatic carbocycles. The average molecular weight is 405 g/mol. The van der Waals surface area contributed by atoms with Crippen LogP contribution in [-0.4, -0.2) is 55.3 Å². The molecule has 0 atom stereocenters. The largest absolute Gasteiger partial charge is 0.350 e. The minimum Gasteiger partial charge on any atom is -0.350 e.